The number of carbonyl (C=O) groups excluding carboxylic acids is 1. The molecule has 0 heterocycles. The van der Waals surface area contributed by atoms with Gasteiger partial charge in [-0.15, -0.1) is 0 Å². The summed E-state index contributed by atoms with van der Waals surface area (Å²) in [5, 5.41) is 9.03. The molecule has 1 unspecified atom stereocenters. The number of carbonyl (C=O) groups is 2. The van der Waals surface area contributed by atoms with Crippen LogP contribution in [0.25, 0.3) is 0 Å². The lowest BCUT2D eigenvalue weighted by Gasteiger charge is -2.27. The largest absolute Gasteiger partial charge is 0.481 e. The smallest absolute Gasteiger partial charge is 0.308 e. The standard InChI is InChI=1S/C16H23NO3/c1-11(2)9-17(10-13(4)16(19)20)15(18)14-8-6-5-7-12(14)3/h5-8,11,13H,9-10H2,1-4H3,(H,19,20). The first-order valence-electron chi connectivity index (χ1n) is 6.90. The molecule has 0 aromatic heterocycles. The van der Waals surface area contributed by atoms with Gasteiger partial charge < -0.3 is 10.0 Å². The van der Waals surface area contributed by atoms with Crippen LogP contribution in [0.2, 0.25) is 0 Å². The number of amides is 1. The second-order valence-electron chi connectivity index (χ2n) is 5.66. The molecule has 0 bridgehead atoms. The van der Waals surface area contributed by atoms with Gasteiger partial charge in [0.1, 0.15) is 0 Å². The van der Waals surface area contributed by atoms with Crippen LogP contribution < -0.4 is 0 Å². The van der Waals surface area contributed by atoms with E-state index in [1.54, 1.807) is 17.9 Å². The van der Waals surface area contributed by atoms with Crippen molar-refractivity contribution in [3.63, 3.8) is 0 Å². The van der Waals surface area contributed by atoms with E-state index in [0.717, 1.165) is 5.56 Å². The van der Waals surface area contributed by atoms with E-state index in [2.05, 4.69) is 0 Å². The molecule has 0 aliphatic rings. The highest BCUT2D eigenvalue weighted by Crippen LogP contribution is 2.14. The van der Waals surface area contributed by atoms with Gasteiger partial charge in [-0.05, 0) is 24.5 Å². The molecule has 0 radical (unpaired) electrons. The molecule has 0 aliphatic carbocycles. The number of carboxylic acids is 1. The van der Waals surface area contributed by atoms with Crippen LogP contribution >= 0.6 is 0 Å². The first kappa shape index (κ1) is 16.2. The van der Waals surface area contributed by atoms with E-state index in [1.165, 1.54) is 0 Å². The van der Waals surface area contributed by atoms with Crippen LogP contribution in [0.15, 0.2) is 24.3 Å². The molecule has 1 aromatic rings. The van der Waals surface area contributed by atoms with Gasteiger partial charge in [-0.3, -0.25) is 9.59 Å². The Balaban J connectivity index is 2.95. The van der Waals surface area contributed by atoms with Crippen molar-refractivity contribution < 1.29 is 14.7 Å². The van der Waals surface area contributed by atoms with Gasteiger partial charge in [-0.1, -0.05) is 39.0 Å². The Labute approximate surface area is 120 Å². The lowest BCUT2D eigenvalue weighted by molar-refractivity contribution is -0.141. The molecule has 0 spiro atoms. The van der Waals surface area contributed by atoms with E-state index in [1.807, 2.05) is 39.0 Å². The summed E-state index contributed by atoms with van der Waals surface area (Å²) in [6, 6.07) is 7.39. The zero-order valence-electron chi connectivity index (χ0n) is 12.6. The zero-order chi connectivity index (χ0) is 15.3. The van der Waals surface area contributed by atoms with Gasteiger partial charge in [0.25, 0.3) is 5.91 Å². The normalized spacial score (nSPS) is 12.2. The number of carboxylic acid groups (broad SMARTS) is 1. The van der Waals surface area contributed by atoms with E-state index in [9.17, 15) is 9.59 Å². The van der Waals surface area contributed by atoms with Crippen molar-refractivity contribution in [2.75, 3.05) is 13.1 Å². The van der Waals surface area contributed by atoms with Crippen LogP contribution in [-0.4, -0.2) is 35.0 Å². The number of aliphatic carboxylic acids is 1. The maximum Gasteiger partial charge on any atom is 0.308 e. The van der Waals surface area contributed by atoms with Gasteiger partial charge in [0, 0.05) is 18.7 Å². The van der Waals surface area contributed by atoms with Crippen molar-refractivity contribution >= 4 is 11.9 Å². The average Bonchev–Trinajstić information content (AvgIpc) is 2.37. The number of aryl methyl sites for hydroxylation is 1. The average molecular weight is 277 g/mol. The summed E-state index contributed by atoms with van der Waals surface area (Å²) < 4.78 is 0. The lowest BCUT2D eigenvalue weighted by Crippen LogP contribution is -2.39. The van der Waals surface area contributed by atoms with Crippen molar-refractivity contribution in [1.29, 1.82) is 0 Å². The minimum Gasteiger partial charge on any atom is -0.481 e. The fraction of sp³-hybridized carbons (Fsp3) is 0.500. The van der Waals surface area contributed by atoms with Gasteiger partial charge in [-0.25, -0.2) is 0 Å². The molecule has 0 fully saturated rings. The second kappa shape index (κ2) is 7.08. The molecule has 1 atom stereocenters. The predicted octanol–water partition coefficient (Wildman–Crippen LogP) is 2.81. The monoisotopic (exact) mass is 277 g/mol. The Bertz CT molecular complexity index is 482. The first-order valence-corrected chi connectivity index (χ1v) is 6.90. The number of benzene rings is 1. The SMILES string of the molecule is Cc1ccccc1C(=O)N(CC(C)C)CC(C)C(=O)O. The molecule has 1 rings (SSSR count). The highest BCUT2D eigenvalue weighted by Gasteiger charge is 2.23. The third kappa shape index (κ3) is 4.37. The minimum atomic E-state index is -0.878. The molecule has 4 heteroatoms. The Morgan fingerprint density at radius 3 is 2.25 bits per heavy atom. The molecular weight excluding hydrogens is 254 g/mol. The first-order chi connectivity index (χ1) is 9.32. The Morgan fingerprint density at radius 2 is 1.75 bits per heavy atom. The van der Waals surface area contributed by atoms with Gasteiger partial charge in [0.2, 0.25) is 0 Å². The lowest BCUT2D eigenvalue weighted by atomic mass is 10.0. The highest BCUT2D eigenvalue weighted by molar-refractivity contribution is 5.95. The minimum absolute atomic E-state index is 0.0927. The van der Waals surface area contributed by atoms with E-state index in [0.29, 0.717) is 18.0 Å². The summed E-state index contributed by atoms with van der Waals surface area (Å²) in [6.45, 7) is 8.35. The maximum atomic E-state index is 12.6. The maximum absolute atomic E-state index is 12.6. The molecule has 1 amide bonds. The summed E-state index contributed by atoms with van der Waals surface area (Å²) in [7, 11) is 0. The van der Waals surface area contributed by atoms with E-state index >= 15 is 0 Å². The van der Waals surface area contributed by atoms with Crippen molar-refractivity contribution in [3.05, 3.63) is 35.4 Å². The molecule has 0 aliphatic heterocycles. The topological polar surface area (TPSA) is 57.6 Å². The summed E-state index contributed by atoms with van der Waals surface area (Å²) in [5.74, 6) is -1.24. The molecular formula is C16H23NO3. The third-order valence-electron chi connectivity index (χ3n) is 3.16. The second-order valence-corrected chi connectivity index (χ2v) is 5.66. The van der Waals surface area contributed by atoms with Crippen LogP contribution in [0.4, 0.5) is 0 Å². The molecule has 0 saturated heterocycles. The van der Waals surface area contributed by atoms with E-state index < -0.39 is 11.9 Å². The predicted molar refractivity (Wildman–Crippen MR) is 78.7 cm³/mol. The van der Waals surface area contributed by atoms with Gasteiger partial charge in [0.05, 0.1) is 5.92 Å². The summed E-state index contributed by atoms with van der Waals surface area (Å²) in [6.07, 6.45) is 0. The summed E-state index contributed by atoms with van der Waals surface area (Å²) >= 11 is 0. The third-order valence-corrected chi connectivity index (χ3v) is 3.16. The van der Waals surface area contributed by atoms with Crippen molar-refractivity contribution in [1.82, 2.24) is 4.90 Å². The quantitative estimate of drug-likeness (QED) is 0.870. The Kier molecular flexibility index (Phi) is 5.74. The van der Waals surface area contributed by atoms with Crippen molar-refractivity contribution in [2.45, 2.75) is 27.7 Å². The summed E-state index contributed by atoms with van der Waals surface area (Å²) in [5.41, 5.74) is 1.56. The van der Waals surface area contributed by atoms with Crippen molar-refractivity contribution in [3.8, 4) is 0 Å². The molecule has 1 aromatic carbocycles. The van der Waals surface area contributed by atoms with Crippen LogP contribution in [0.1, 0.15) is 36.7 Å². The Morgan fingerprint density at radius 1 is 1.15 bits per heavy atom. The van der Waals surface area contributed by atoms with Crippen LogP contribution in [0.5, 0.6) is 0 Å². The number of hydrogen-bond acceptors (Lipinski definition) is 2. The molecule has 110 valence electrons. The molecule has 4 nitrogen and oxygen atoms in total. The fourth-order valence-corrected chi connectivity index (χ4v) is 2.07. The van der Waals surface area contributed by atoms with Crippen LogP contribution in [0, 0.1) is 18.8 Å². The number of rotatable bonds is 6. The van der Waals surface area contributed by atoms with Gasteiger partial charge in [-0.2, -0.15) is 0 Å². The number of nitrogens with zero attached hydrogens (tertiary/aromatic N) is 1. The fourth-order valence-electron chi connectivity index (χ4n) is 2.07. The number of hydrogen-bond donors (Lipinski definition) is 1. The summed E-state index contributed by atoms with van der Waals surface area (Å²) in [4.78, 5) is 25.2. The molecule has 20 heavy (non-hydrogen) atoms. The van der Waals surface area contributed by atoms with E-state index in [-0.39, 0.29) is 12.5 Å². The molecule has 0 saturated carbocycles. The Hall–Kier alpha value is -1.84. The highest BCUT2D eigenvalue weighted by atomic mass is 16.4. The van der Waals surface area contributed by atoms with Gasteiger partial charge in [0.15, 0.2) is 0 Å². The van der Waals surface area contributed by atoms with E-state index in [4.69, 9.17) is 5.11 Å². The van der Waals surface area contributed by atoms with Crippen LogP contribution in [0.3, 0.4) is 0 Å². The van der Waals surface area contributed by atoms with Crippen LogP contribution in [-0.2, 0) is 4.79 Å². The molecule has 1 N–H and O–H groups in total. The zero-order valence-corrected chi connectivity index (χ0v) is 12.6. The van der Waals surface area contributed by atoms with Gasteiger partial charge >= 0.3 is 5.97 Å². The van der Waals surface area contributed by atoms with Crippen molar-refractivity contribution in [2.24, 2.45) is 11.8 Å².